The fourth-order valence-corrected chi connectivity index (χ4v) is 1.85. The van der Waals surface area contributed by atoms with E-state index >= 15 is 0 Å². The number of hydrogen-bond donors (Lipinski definition) is 1. The molecule has 0 bridgehead atoms. The van der Waals surface area contributed by atoms with Gasteiger partial charge < -0.3 is 15.5 Å². The van der Waals surface area contributed by atoms with Gasteiger partial charge in [-0.05, 0) is 18.1 Å². The molecule has 0 radical (unpaired) electrons. The molecular weight excluding hydrogens is 252 g/mol. The summed E-state index contributed by atoms with van der Waals surface area (Å²) in [7, 11) is 5.69. The second-order valence-corrected chi connectivity index (χ2v) is 4.97. The first-order valence-electron chi connectivity index (χ1n) is 6.42. The lowest BCUT2D eigenvalue weighted by atomic mass is 10.1. The zero-order valence-electron chi connectivity index (χ0n) is 12.3. The number of rotatable bonds is 4. The summed E-state index contributed by atoms with van der Waals surface area (Å²) in [4.78, 5) is 16.5. The lowest BCUT2D eigenvalue weighted by Crippen LogP contribution is -2.23. The van der Waals surface area contributed by atoms with E-state index < -0.39 is 0 Å². The number of hydrogen-bond acceptors (Lipinski definition) is 6. The van der Waals surface area contributed by atoms with Crippen LogP contribution in [0.2, 0.25) is 0 Å². The Balaban J connectivity index is 2.25. The summed E-state index contributed by atoms with van der Waals surface area (Å²) in [6.45, 7) is 2.82. The molecule has 0 saturated heterocycles. The van der Waals surface area contributed by atoms with Crippen LogP contribution in [0.15, 0.2) is 24.3 Å². The summed E-state index contributed by atoms with van der Waals surface area (Å²) in [5.41, 5.74) is 8.22. The van der Waals surface area contributed by atoms with Gasteiger partial charge in [-0.1, -0.05) is 24.3 Å². The molecule has 0 unspecified atom stereocenters. The molecule has 0 fully saturated rings. The number of benzene rings is 1. The van der Waals surface area contributed by atoms with Crippen LogP contribution in [0.3, 0.4) is 0 Å². The second-order valence-electron chi connectivity index (χ2n) is 4.97. The van der Waals surface area contributed by atoms with Crippen LogP contribution in [-0.2, 0) is 6.54 Å². The van der Waals surface area contributed by atoms with Gasteiger partial charge in [0.25, 0.3) is 0 Å². The quantitative estimate of drug-likeness (QED) is 0.908. The summed E-state index contributed by atoms with van der Waals surface area (Å²) in [5, 5.41) is 0. The number of aryl methyl sites for hydroxylation is 1. The Morgan fingerprint density at radius 2 is 1.65 bits per heavy atom. The van der Waals surface area contributed by atoms with Gasteiger partial charge >= 0.3 is 0 Å². The van der Waals surface area contributed by atoms with Crippen molar-refractivity contribution in [3.05, 3.63) is 35.4 Å². The molecule has 2 rings (SSSR count). The average molecular weight is 272 g/mol. The normalized spacial score (nSPS) is 10.4. The molecule has 1 heterocycles. The van der Waals surface area contributed by atoms with E-state index in [-0.39, 0.29) is 5.95 Å². The van der Waals surface area contributed by atoms with E-state index in [0.29, 0.717) is 11.9 Å². The van der Waals surface area contributed by atoms with Crippen LogP contribution >= 0.6 is 0 Å². The highest BCUT2D eigenvalue weighted by molar-refractivity contribution is 5.43. The minimum absolute atomic E-state index is 0.232. The topological polar surface area (TPSA) is 71.2 Å². The first-order valence-corrected chi connectivity index (χ1v) is 6.42. The smallest absolute Gasteiger partial charge is 0.231 e. The number of nitrogens with two attached hydrogens (primary N) is 1. The molecule has 1 aromatic carbocycles. The number of anilines is 3. The van der Waals surface area contributed by atoms with Crippen molar-refractivity contribution in [1.29, 1.82) is 0 Å². The van der Waals surface area contributed by atoms with Crippen LogP contribution in [0.4, 0.5) is 17.8 Å². The van der Waals surface area contributed by atoms with Gasteiger partial charge in [-0.25, -0.2) is 0 Å². The van der Waals surface area contributed by atoms with Gasteiger partial charge in [0.05, 0.1) is 0 Å². The fourth-order valence-electron chi connectivity index (χ4n) is 1.85. The molecular formula is C14H20N6. The molecule has 20 heavy (non-hydrogen) atoms. The van der Waals surface area contributed by atoms with Gasteiger partial charge in [-0.15, -0.1) is 0 Å². The van der Waals surface area contributed by atoms with Crippen molar-refractivity contribution in [2.24, 2.45) is 0 Å². The van der Waals surface area contributed by atoms with Crippen molar-refractivity contribution in [2.45, 2.75) is 13.5 Å². The molecule has 0 amide bonds. The predicted octanol–water partition coefficient (Wildman–Crippen LogP) is 1.46. The van der Waals surface area contributed by atoms with E-state index in [1.54, 1.807) is 0 Å². The average Bonchev–Trinajstić information content (AvgIpc) is 2.40. The lowest BCUT2D eigenvalue weighted by Gasteiger charge is -2.20. The third-order valence-electron chi connectivity index (χ3n) is 3.04. The van der Waals surface area contributed by atoms with Gasteiger partial charge in [0.1, 0.15) is 0 Å². The predicted molar refractivity (Wildman–Crippen MR) is 81.9 cm³/mol. The maximum Gasteiger partial charge on any atom is 0.231 e. The van der Waals surface area contributed by atoms with Gasteiger partial charge in [0, 0.05) is 27.7 Å². The van der Waals surface area contributed by atoms with Crippen molar-refractivity contribution in [1.82, 2.24) is 15.0 Å². The van der Waals surface area contributed by atoms with Crippen LogP contribution < -0.4 is 15.5 Å². The van der Waals surface area contributed by atoms with E-state index in [9.17, 15) is 0 Å². The highest BCUT2D eigenvalue weighted by Crippen LogP contribution is 2.16. The van der Waals surface area contributed by atoms with Crippen molar-refractivity contribution >= 4 is 17.8 Å². The zero-order chi connectivity index (χ0) is 14.7. The zero-order valence-corrected chi connectivity index (χ0v) is 12.3. The summed E-state index contributed by atoms with van der Waals surface area (Å²) >= 11 is 0. The van der Waals surface area contributed by atoms with Crippen LogP contribution in [0.1, 0.15) is 11.1 Å². The monoisotopic (exact) mass is 272 g/mol. The number of nitrogens with zero attached hydrogens (tertiary/aromatic N) is 5. The van der Waals surface area contributed by atoms with E-state index in [2.05, 4.69) is 34.0 Å². The minimum Gasteiger partial charge on any atom is -0.368 e. The van der Waals surface area contributed by atoms with Crippen molar-refractivity contribution in [3.63, 3.8) is 0 Å². The highest BCUT2D eigenvalue weighted by atomic mass is 15.3. The third kappa shape index (κ3) is 3.14. The van der Waals surface area contributed by atoms with Crippen LogP contribution in [0.5, 0.6) is 0 Å². The first kappa shape index (κ1) is 14.0. The van der Waals surface area contributed by atoms with Crippen LogP contribution in [0, 0.1) is 6.92 Å². The molecule has 0 atom stereocenters. The first-order chi connectivity index (χ1) is 9.47. The largest absolute Gasteiger partial charge is 0.368 e. The summed E-state index contributed by atoms with van der Waals surface area (Å²) in [6, 6.07) is 8.26. The summed E-state index contributed by atoms with van der Waals surface area (Å²) in [6.07, 6.45) is 0. The Labute approximate surface area is 119 Å². The molecule has 0 aliphatic carbocycles. The maximum atomic E-state index is 5.74. The molecule has 0 spiro atoms. The van der Waals surface area contributed by atoms with Gasteiger partial charge in [0.2, 0.25) is 17.8 Å². The molecule has 6 heteroatoms. The van der Waals surface area contributed by atoms with Gasteiger partial charge in [0.15, 0.2) is 0 Å². The van der Waals surface area contributed by atoms with Gasteiger partial charge in [-0.3, -0.25) is 0 Å². The summed E-state index contributed by atoms with van der Waals surface area (Å²) < 4.78 is 0. The molecule has 2 aromatic rings. The van der Waals surface area contributed by atoms with Crippen molar-refractivity contribution < 1.29 is 0 Å². The van der Waals surface area contributed by atoms with Gasteiger partial charge in [-0.2, -0.15) is 15.0 Å². The van der Waals surface area contributed by atoms with E-state index in [4.69, 9.17) is 5.73 Å². The van der Waals surface area contributed by atoms with Crippen molar-refractivity contribution in [2.75, 3.05) is 36.7 Å². The molecule has 0 aliphatic heterocycles. The Morgan fingerprint density at radius 3 is 2.30 bits per heavy atom. The van der Waals surface area contributed by atoms with Crippen LogP contribution in [-0.4, -0.2) is 36.1 Å². The Bertz CT molecular complexity index is 596. The molecule has 106 valence electrons. The van der Waals surface area contributed by atoms with E-state index in [1.165, 1.54) is 11.1 Å². The fraction of sp³-hybridized carbons (Fsp3) is 0.357. The highest BCUT2D eigenvalue weighted by Gasteiger charge is 2.11. The Hall–Kier alpha value is -2.37. The summed E-state index contributed by atoms with van der Waals surface area (Å²) in [5.74, 6) is 1.36. The Kier molecular flexibility index (Phi) is 4.02. The minimum atomic E-state index is 0.232. The SMILES string of the molecule is Cc1ccccc1CN(C)c1nc(N)nc(N(C)C)n1. The Morgan fingerprint density at radius 1 is 1.00 bits per heavy atom. The number of nitrogen functional groups attached to an aromatic ring is 1. The molecule has 0 saturated carbocycles. The second kappa shape index (κ2) is 5.73. The molecule has 0 aliphatic rings. The van der Waals surface area contributed by atoms with Crippen LogP contribution in [0.25, 0.3) is 0 Å². The standard InChI is InChI=1S/C14H20N6/c1-10-7-5-6-8-11(10)9-20(4)14-17-12(15)16-13(18-14)19(2)3/h5-8H,9H2,1-4H3,(H2,15,16,17,18). The van der Waals surface area contributed by atoms with E-state index in [1.807, 2.05) is 43.1 Å². The molecule has 2 N–H and O–H groups in total. The lowest BCUT2D eigenvalue weighted by molar-refractivity contribution is 0.842. The third-order valence-corrected chi connectivity index (χ3v) is 3.04. The number of aromatic nitrogens is 3. The maximum absolute atomic E-state index is 5.74. The van der Waals surface area contributed by atoms with E-state index in [0.717, 1.165) is 6.54 Å². The molecule has 6 nitrogen and oxygen atoms in total. The molecule has 1 aromatic heterocycles. The van der Waals surface area contributed by atoms with Crippen molar-refractivity contribution in [3.8, 4) is 0 Å².